The minimum Gasteiger partial charge on any atom is -0.374 e. The van der Waals surface area contributed by atoms with Gasteiger partial charge >= 0.3 is 0 Å². The van der Waals surface area contributed by atoms with E-state index in [0.717, 1.165) is 30.8 Å². The first-order valence-electron chi connectivity index (χ1n) is 7.50. The first kappa shape index (κ1) is 16.9. The first-order chi connectivity index (χ1) is 10.4. The van der Waals surface area contributed by atoms with Gasteiger partial charge in [0.15, 0.2) is 0 Å². The smallest absolute Gasteiger partial charge is 0.231 e. The number of hydrogen-bond donors (Lipinski definition) is 1. The van der Waals surface area contributed by atoms with Crippen molar-refractivity contribution in [2.24, 2.45) is 5.73 Å². The number of carbonyl (C=O) groups excluding carboxylic acids is 1. The number of rotatable bonds is 6. The third-order valence-corrected chi connectivity index (χ3v) is 3.86. The van der Waals surface area contributed by atoms with Crippen molar-refractivity contribution in [3.63, 3.8) is 0 Å². The number of ether oxygens (including phenoxy) is 1. The van der Waals surface area contributed by atoms with Gasteiger partial charge in [-0.15, -0.1) is 0 Å². The van der Waals surface area contributed by atoms with E-state index >= 15 is 0 Å². The van der Waals surface area contributed by atoms with Crippen LogP contribution in [-0.2, 0) is 16.1 Å². The van der Waals surface area contributed by atoms with Crippen LogP contribution in [0.4, 0.5) is 4.39 Å². The van der Waals surface area contributed by atoms with E-state index in [4.69, 9.17) is 10.5 Å². The number of halogens is 1. The van der Waals surface area contributed by atoms with E-state index in [-0.39, 0.29) is 24.4 Å². The van der Waals surface area contributed by atoms with Gasteiger partial charge in [-0.2, -0.15) is 0 Å². The summed E-state index contributed by atoms with van der Waals surface area (Å²) in [6.07, 6.45) is 0.0545. The molecule has 2 N–H and O–H groups in total. The topological polar surface area (TPSA) is 58.8 Å². The summed E-state index contributed by atoms with van der Waals surface area (Å²) in [7, 11) is 1.86. The average molecular weight is 309 g/mol. The molecule has 2 rings (SSSR count). The molecule has 0 bridgehead atoms. The van der Waals surface area contributed by atoms with Gasteiger partial charge in [-0.3, -0.25) is 14.6 Å². The normalized spacial score (nSPS) is 19.5. The lowest BCUT2D eigenvalue weighted by Crippen LogP contribution is -2.47. The average Bonchev–Trinajstić information content (AvgIpc) is 2.41. The molecular weight excluding hydrogens is 285 g/mol. The van der Waals surface area contributed by atoms with Crippen LogP contribution >= 0.6 is 0 Å². The van der Waals surface area contributed by atoms with Crippen LogP contribution in [0.5, 0.6) is 0 Å². The Balaban J connectivity index is 1.89. The van der Waals surface area contributed by atoms with Gasteiger partial charge in [0.05, 0.1) is 19.3 Å². The Kier molecular flexibility index (Phi) is 5.88. The molecule has 0 spiro atoms. The standard InChI is InChI=1S/C16H24FN3O2/c1-12-7-14(17)4-3-13(12)8-20-5-6-22-15(10-20)9-19(2)11-16(18)21/h3-4,7,15H,5-6,8-11H2,1-2H3,(H2,18,21)/t15-/m0/s1. The molecule has 1 fully saturated rings. The molecule has 1 atom stereocenters. The van der Waals surface area contributed by atoms with E-state index in [1.165, 1.54) is 6.07 Å². The summed E-state index contributed by atoms with van der Waals surface area (Å²) in [6.45, 7) is 5.92. The molecule has 6 heteroatoms. The number of morpholine rings is 1. The van der Waals surface area contributed by atoms with Crippen LogP contribution in [0.2, 0.25) is 0 Å². The van der Waals surface area contributed by atoms with Gasteiger partial charge in [-0.25, -0.2) is 4.39 Å². The zero-order valence-corrected chi connectivity index (χ0v) is 13.2. The molecule has 22 heavy (non-hydrogen) atoms. The van der Waals surface area contributed by atoms with E-state index in [0.29, 0.717) is 13.2 Å². The maximum absolute atomic E-state index is 13.2. The third kappa shape index (κ3) is 5.05. The van der Waals surface area contributed by atoms with Crippen molar-refractivity contribution < 1.29 is 13.9 Å². The molecule has 0 aromatic heterocycles. The number of hydrogen-bond acceptors (Lipinski definition) is 4. The summed E-state index contributed by atoms with van der Waals surface area (Å²) >= 11 is 0. The number of primary amides is 1. The van der Waals surface area contributed by atoms with Crippen LogP contribution in [0.25, 0.3) is 0 Å². The van der Waals surface area contributed by atoms with Crippen molar-refractivity contribution in [3.8, 4) is 0 Å². The summed E-state index contributed by atoms with van der Waals surface area (Å²) in [4.78, 5) is 15.1. The van der Waals surface area contributed by atoms with Gasteiger partial charge in [0.2, 0.25) is 5.91 Å². The van der Waals surface area contributed by atoms with Crippen molar-refractivity contribution in [3.05, 3.63) is 35.1 Å². The Labute approximate surface area is 130 Å². The van der Waals surface area contributed by atoms with Crippen molar-refractivity contribution in [1.82, 2.24) is 9.80 Å². The van der Waals surface area contributed by atoms with Crippen molar-refractivity contribution in [2.75, 3.05) is 39.8 Å². The van der Waals surface area contributed by atoms with Crippen LogP contribution in [0.15, 0.2) is 18.2 Å². The third-order valence-electron chi connectivity index (χ3n) is 3.86. The molecular formula is C16H24FN3O2. The van der Waals surface area contributed by atoms with Crippen LogP contribution in [0.3, 0.4) is 0 Å². The summed E-state index contributed by atoms with van der Waals surface area (Å²) in [5.74, 6) is -0.536. The fourth-order valence-electron chi connectivity index (χ4n) is 2.79. The lowest BCUT2D eigenvalue weighted by atomic mass is 10.1. The highest BCUT2D eigenvalue weighted by Crippen LogP contribution is 2.15. The Morgan fingerprint density at radius 1 is 1.55 bits per heavy atom. The summed E-state index contributed by atoms with van der Waals surface area (Å²) < 4.78 is 18.9. The van der Waals surface area contributed by atoms with Crippen LogP contribution in [0.1, 0.15) is 11.1 Å². The fraction of sp³-hybridized carbons (Fsp3) is 0.562. The van der Waals surface area contributed by atoms with Crippen LogP contribution in [0, 0.1) is 12.7 Å². The molecule has 0 saturated carbocycles. The summed E-state index contributed by atoms with van der Waals surface area (Å²) in [6, 6.07) is 4.91. The fourth-order valence-corrected chi connectivity index (χ4v) is 2.79. The number of nitrogens with two attached hydrogens (primary N) is 1. The van der Waals surface area contributed by atoms with Gasteiger partial charge in [0.1, 0.15) is 5.82 Å². The highest BCUT2D eigenvalue weighted by molar-refractivity contribution is 5.75. The van der Waals surface area contributed by atoms with Gasteiger partial charge in [-0.1, -0.05) is 6.07 Å². The zero-order chi connectivity index (χ0) is 16.1. The molecule has 1 heterocycles. The van der Waals surface area contributed by atoms with Gasteiger partial charge in [0, 0.05) is 26.2 Å². The van der Waals surface area contributed by atoms with E-state index in [2.05, 4.69) is 4.90 Å². The Bertz CT molecular complexity index is 524. The highest BCUT2D eigenvalue weighted by Gasteiger charge is 2.22. The predicted molar refractivity (Wildman–Crippen MR) is 82.8 cm³/mol. The van der Waals surface area contributed by atoms with E-state index in [1.54, 1.807) is 6.07 Å². The minimum atomic E-state index is -0.336. The summed E-state index contributed by atoms with van der Waals surface area (Å²) in [5, 5.41) is 0. The molecule has 5 nitrogen and oxygen atoms in total. The van der Waals surface area contributed by atoms with Crippen molar-refractivity contribution >= 4 is 5.91 Å². The van der Waals surface area contributed by atoms with Gasteiger partial charge in [0.25, 0.3) is 0 Å². The molecule has 0 unspecified atom stereocenters. The molecule has 1 aliphatic heterocycles. The number of carbonyl (C=O) groups is 1. The number of likely N-dealkylation sites (N-methyl/N-ethyl adjacent to an activating group) is 1. The second-order valence-electron chi connectivity index (χ2n) is 5.96. The zero-order valence-electron chi connectivity index (χ0n) is 13.2. The predicted octanol–water partition coefficient (Wildman–Crippen LogP) is 0.752. The molecule has 1 saturated heterocycles. The molecule has 0 aliphatic carbocycles. The lowest BCUT2D eigenvalue weighted by Gasteiger charge is -2.34. The minimum absolute atomic E-state index is 0.0545. The second kappa shape index (κ2) is 7.67. The Morgan fingerprint density at radius 3 is 3.00 bits per heavy atom. The molecule has 1 aliphatic rings. The van der Waals surface area contributed by atoms with Crippen LogP contribution < -0.4 is 5.73 Å². The second-order valence-corrected chi connectivity index (χ2v) is 5.96. The number of aryl methyl sites for hydroxylation is 1. The maximum atomic E-state index is 13.2. The van der Waals surface area contributed by atoms with Gasteiger partial charge < -0.3 is 10.5 Å². The van der Waals surface area contributed by atoms with E-state index < -0.39 is 0 Å². The van der Waals surface area contributed by atoms with Crippen LogP contribution in [-0.4, -0.2) is 61.6 Å². The Hall–Kier alpha value is -1.50. The van der Waals surface area contributed by atoms with E-state index in [1.807, 2.05) is 24.9 Å². The number of amides is 1. The first-order valence-corrected chi connectivity index (χ1v) is 7.50. The molecule has 0 radical (unpaired) electrons. The Morgan fingerprint density at radius 2 is 2.32 bits per heavy atom. The quantitative estimate of drug-likeness (QED) is 0.842. The molecule has 1 aromatic carbocycles. The largest absolute Gasteiger partial charge is 0.374 e. The number of nitrogens with zero attached hydrogens (tertiary/aromatic N) is 2. The highest BCUT2D eigenvalue weighted by atomic mass is 19.1. The van der Waals surface area contributed by atoms with Crippen molar-refractivity contribution in [1.29, 1.82) is 0 Å². The van der Waals surface area contributed by atoms with E-state index in [9.17, 15) is 9.18 Å². The monoisotopic (exact) mass is 309 g/mol. The maximum Gasteiger partial charge on any atom is 0.231 e. The van der Waals surface area contributed by atoms with Crippen molar-refractivity contribution in [2.45, 2.75) is 19.6 Å². The molecule has 122 valence electrons. The molecule has 1 aromatic rings. The SMILES string of the molecule is Cc1cc(F)ccc1CN1CCO[C@@H](CN(C)CC(N)=O)C1. The van der Waals surface area contributed by atoms with Gasteiger partial charge in [-0.05, 0) is 37.2 Å². The lowest BCUT2D eigenvalue weighted by molar-refractivity contribution is -0.119. The molecule has 1 amide bonds. The summed E-state index contributed by atoms with van der Waals surface area (Å²) in [5.41, 5.74) is 7.29. The number of benzene rings is 1.